The SMILES string of the molecule is CC(C)C(NC(=O)c1ccco1)C(=O)Nc1cccc(CN2CCSCC2)c1. The van der Waals surface area contributed by atoms with Crippen molar-refractivity contribution < 1.29 is 14.0 Å². The van der Waals surface area contributed by atoms with E-state index in [1.54, 1.807) is 12.1 Å². The number of thioether (sulfide) groups is 1. The average Bonchev–Trinajstić information content (AvgIpc) is 3.21. The number of hydrogen-bond acceptors (Lipinski definition) is 5. The summed E-state index contributed by atoms with van der Waals surface area (Å²) in [5, 5.41) is 5.71. The van der Waals surface area contributed by atoms with Crippen LogP contribution in [0.25, 0.3) is 0 Å². The molecule has 2 aromatic rings. The van der Waals surface area contributed by atoms with Gasteiger partial charge in [-0.1, -0.05) is 26.0 Å². The van der Waals surface area contributed by atoms with Gasteiger partial charge >= 0.3 is 0 Å². The Bertz CT molecular complexity index is 786. The second kappa shape index (κ2) is 9.80. The van der Waals surface area contributed by atoms with E-state index in [9.17, 15) is 9.59 Å². The number of carbonyl (C=O) groups excluding carboxylic acids is 2. The van der Waals surface area contributed by atoms with Gasteiger partial charge in [0, 0.05) is 36.8 Å². The van der Waals surface area contributed by atoms with Gasteiger partial charge in [0.15, 0.2) is 5.76 Å². The zero-order valence-corrected chi connectivity index (χ0v) is 17.1. The molecule has 0 saturated carbocycles. The van der Waals surface area contributed by atoms with Crippen LogP contribution in [0.1, 0.15) is 30.0 Å². The van der Waals surface area contributed by atoms with Gasteiger partial charge in [-0.2, -0.15) is 11.8 Å². The molecule has 1 atom stereocenters. The van der Waals surface area contributed by atoms with Crippen molar-refractivity contribution in [3.63, 3.8) is 0 Å². The number of carbonyl (C=O) groups is 2. The third-order valence-electron chi connectivity index (χ3n) is 4.69. The van der Waals surface area contributed by atoms with Gasteiger partial charge in [-0.05, 0) is 35.7 Å². The molecule has 0 radical (unpaired) electrons. The highest BCUT2D eigenvalue weighted by Crippen LogP contribution is 2.17. The molecule has 1 saturated heterocycles. The Balaban J connectivity index is 1.62. The first-order valence-electron chi connectivity index (χ1n) is 9.57. The monoisotopic (exact) mass is 401 g/mol. The van der Waals surface area contributed by atoms with Crippen LogP contribution in [-0.4, -0.2) is 47.4 Å². The zero-order valence-electron chi connectivity index (χ0n) is 16.3. The van der Waals surface area contributed by atoms with Gasteiger partial charge in [-0.25, -0.2) is 0 Å². The molecule has 1 fully saturated rings. The average molecular weight is 402 g/mol. The molecule has 1 aliphatic rings. The fourth-order valence-corrected chi connectivity index (χ4v) is 4.12. The lowest BCUT2D eigenvalue weighted by molar-refractivity contribution is -0.118. The number of anilines is 1. The molecular weight excluding hydrogens is 374 g/mol. The molecule has 0 aliphatic carbocycles. The largest absolute Gasteiger partial charge is 0.459 e. The molecule has 1 aliphatic heterocycles. The fraction of sp³-hybridized carbons (Fsp3) is 0.429. The molecule has 7 heteroatoms. The fourth-order valence-electron chi connectivity index (χ4n) is 3.14. The Morgan fingerprint density at radius 1 is 1.18 bits per heavy atom. The van der Waals surface area contributed by atoms with Crippen LogP contribution in [0.5, 0.6) is 0 Å². The number of nitrogens with one attached hydrogen (secondary N) is 2. The lowest BCUT2D eigenvalue weighted by Gasteiger charge is -2.26. The van der Waals surface area contributed by atoms with Crippen LogP contribution >= 0.6 is 11.8 Å². The van der Waals surface area contributed by atoms with Crippen LogP contribution in [0, 0.1) is 5.92 Å². The maximum absolute atomic E-state index is 12.8. The van der Waals surface area contributed by atoms with Gasteiger partial charge in [0.05, 0.1) is 6.26 Å². The van der Waals surface area contributed by atoms with Crippen LogP contribution < -0.4 is 10.6 Å². The maximum Gasteiger partial charge on any atom is 0.287 e. The molecule has 150 valence electrons. The van der Waals surface area contributed by atoms with E-state index in [2.05, 4.69) is 21.6 Å². The second-order valence-corrected chi connectivity index (χ2v) is 8.48. The summed E-state index contributed by atoms with van der Waals surface area (Å²) in [6, 6.07) is 10.5. The third-order valence-corrected chi connectivity index (χ3v) is 5.63. The van der Waals surface area contributed by atoms with E-state index in [4.69, 9.17) is 4.42 Å². The predicted molar refractivity (Wildman–Crippen MR) is 112 cm³/mol. The van der Waals surface area contributed by atoms with Crippen molar-refractivity contribution in [2.75, 3.05) is 29.9 Å². The van der Waals surface area contributed by atoms with Crippen molar-refractivity contribution in [2.45, 2.75) is 26.4 Å². The van der Waals surface area contributed by atoms with Crippen LogP contribution in [-0.2, 0) is 11.3 Å². The molecule has 0 spiro atoms. The minimum absolute atomic E-state index is 0.0621. The summed E-state index contributed by atoms with van der Waals surface area (Å²) in [6.45, 7) is 6.87. The van der Waals surface area contributed by atoms with Gasteiger partial charge in [-0.3, -0.25) is 14.5 Å². The standard InChI is InChI=1S/C21H27N3O3S/c1-15(2)19(23-20(25)18-7-4-10-27-18)21(26)22-17-6-3-5-16(13-17)14-24-8-11-28-12-9-24/h3-7,10,13,15,19H,8-9,11-12,14H2,1-2H3,(H,22,26)(H,23,25). The van der Waals surface area contributed by atoms with Gasteiger partial charge in [0.25, 0.3) is 5.91 Å². The Morgan fingerprint density at radius 2 is 1.96 bits per heavy atom. The predicted octanol–water partition coefficient (Wildman–Crippen LogP) is 3.22. The normalized spacial score (nSPS) is 16.0. The first kappa shape index (κ1) is 20.5. The Hall–Kier alpha value is -2.25. The summed E-state index contributed by atoms with van der Waals surface area (Å²) in [5.74, 6) is 1.84. The van der Waals surface area contributed by atoms with E-state index < -0.39 is 11.9 Å². The highest BCUT2D eigenvalue weighted by molar-refractivity contribution is 7.99. The number of furan rings is 1. The van der Waals surface area contributed by atoms with Gasteiger partial charge in [-0.15, -0.1) is 0 Å². The van der Waals surface area contributed by atoms with Crippen molar-refractivity contribution in [3.8, 4) is 0 Å². The molecular formula is C21H27N3O3S. The number of nitrogens with zero attached hydrogens (tertiary/aromatic N) is 1. The number of rotatable bonds is 7. The summed E-state index contributed by atoms with van der Waals surface area (Å²) in [4.78, 5) is 27.5. The molecule has 2 heterocycles. The molecule has 0 bridgehead atoms. The van der Waals surface area contributed by atoms with E-state index in [1.165, 1.54) is 23.3 Å². The second-order valence-electron chi connectivity index (χ2n) is 7.25. The number of benzene rings is 1. The Labute approximate surface area is 170 Å². The smallest absolute Gasteiger partial charge is 0.287 e. The van der Waals surface area contributed by atoms with Crippen LogP contribution in [0.2, 0.25) is 0 Å². The van der Waals surface area contributed by atoms with Gasteiger partial charge < -0.3 is 15.1 Å². The van der Waals surface area contributed by atoms with Gasteiger partial charge in [0.2, 0.25) is 5.91 Å². The van der Waals surface area contributed by atoms with Crippen molar-refractivity contribution in [2.24, 2.45) is 5.92 Å². The summed E-state index contributed by atoms with van der Waals surface area (Å²) in [6.07, 6.45) is 1.44. The summed E-state index contributed by atoms with van der Waals surface area (Å²) >= 11 is 1.99. The number of amides is 2. The number of hydrogen-bond donors (Lipinski definition) is 2. The minimum Gasteiger partial charge on any atom is -0.459 e. The molecule has 3 rings (SSSR count). The molecule has 2 amide bonds. The molecule has 1 aromatic carbocycles. The van der Waals surface area contributed by atoms with E-state index in [0.717, 1.165) is 25.3 Å². The highest BCUT2D eigenvalue weighted by atomic mass is 32.2. The summed E-state index contributed by atoms with van der Waals surface area (Å²) < 4.78 is 5.11. The Morgan fingerprint density at radius 3 is 2.64 bits per heavy atom. The third kappa shape index (κ3) is 5.62. The maximum atomic E-state index is 12.8. The van der Waals surface area contributed by atoms with E-state index in [1.807, 2.05) is 43.8 Å². The highest BCUT2D eigenvalue weighted by Gasteiger charge is 2.25. The lowest BCUT2D eigenvalue weighted by atomic mass is 10.0. The van der Waals surface area contributed by atoms with Crippen LogP contribution in [0.3, 0.4) is 0 Å². The molecule has 1 aromatic heterocycles. The summed E-state index contributed by atoms with van der Waals surface area (Å²) in [7, 11) is 0. The zero-order chi connectivity index (χ0) is 19.9. The van der Waals surface area contributed by atoms with E-state index >= 15 is 0 Å². The van der Waals surface area contributed by atoms with Crippen LogP contribution in [0.4, 0.5) is 5.69 Å². The quantitative estimate of drug-likeness (QED) is 0.745. The van der Waals surface area contributed by atoms with Crippen molar-refractivity contribution >= 4 is 29.3 Å². The van der Waals surface area contributed by atoms with E-state index in [-0.39, 0.29) is 17.6 Å². The minimum atomic E-state index is -0.652. The van der Waals surface area contributed by atoms with Crippen molar-refractivity contribution in [1.29, 1.82) is 0 Å². The molecule has 2 N–H and O–H groups in total. The van der Waals surface area contributed by atoms with E-state index in [0.29, 0.717) is 0 Å². The molecule has 6 nitrogen and oxygen atoms in total. The van der Waals surface area contributed by atoms with Gasteiger partial charge in [0.1, 0.15) is 6.04 Å². The molecule has 28 heavy (non-hydrogen) atoms. The first-order chi connectivity index (χ1) is 13.5. The molecule has 1 unspecified atom stereocenters. The Kier molecular flexibility index (Phi) is 7.17. The van der Waals surface area contributed by atoms with Crippen molar-refractivity contribution in [1.82, 2.24) is 10.2 Å². The van der Waals surface area contributed by atoms with Crippen molar-refractivity contribution in [3.05, 3.63) is 54.0 Å². The lowest BCUT2D eigenvalue weighted by Crippen LogP contribution is -2.47. The summed E-state index contributed by atoms with van der Waals surface area (Å²) in [5.41, 5.74) is 1.91. The first-order valence-corrected chi connectivity index (χ1v) is 10.7. The topological polar surface area (TPSA) is 74.6 Å². The van der Waals surface area contributed by atoms with Crippen LogP contribution in [0.15, 0.2) is 47.1 Å².